The van der Waals surface area contributed by atoms with Crippen molar-refractivity contribution in [3.05, 3.63) is 29.6 Å². The van der Waals surface area contributed by atoms with Gasteiger partial charge >= 0.3 is 6.61 Å². The number of halogens is 4. The first-order valence-corrected chi connectivity index (χ1v) is 9.07. The van der Waals surface area contributed by atoms with Gasteiger partial charge in [0.2, 0.25) is 0 Å². The van der Waals surface area contributed by atoms with Gasteiger partial charge in [-0.3, -0.25) is 4.90 Å². The first-order chi connectivity index (χ1) is 13.0. The number of hydrogen-bond donors (Lipinski definition) is 2. The van der Waals surface area contributed by atoms with Crippen LogP contribution in [-0.4, -0.2) is 62.9 Å². The van der Waals surface area contributed by atoms with Gasteiger partial charge in [0.15, 0.2) is 5.96 Å². The van der Waals surface area contributed by atoms with Crippen molar-refractivity contribution in [1.29, 1.82) is 0 Å². The van der Waals surface area contributed by atoms with Gasteiger partial charge in [-0.25, -0.2) is 9.38 Å². The molecule has 0 aliphatic carbocycles. The summed E-state index contributed by atoms with van der Waals surface area (Å²) in [4.78, 5) is 6.63. The lowest BCUT2D eigenvalue weighted by molar-refractivity contribution is -0.0506. The number of hydrogen-bond acceptors (Lipinski definition) is 4. The Morgan fingerprint density at radius 1 is 1.29 bits per heavy atom. The topological polar surface area (TPSA) is 58.1 Å². The highest BCUT2D eigenvalue weighted by Gasteiger charge is 2.17. The molecule has 160 valence electrons. The minimum absolute atomic E-state index is 0. The Kier molecular flexibility index (Phi) is 11.5. The van der Waals surface area contributed by atoms with E-state index in [9.17, 15) is 13.2 Å². The quantitative estimate of drug-likeness (QED) is 0.316. The van der Waals surface area contributed by atoms with E-state index in [-0.39, 0.29) is 47.9 Å². The van der Waals surface area contributed by atoms with Crippen molar-refractivity contribution in [3.8, 4) is 5.75 Å². The summed E-state index contributed by atoms with van der Waals surface area (Å²) >= 11 is 0. The molecule has 28 heavy (non-hydrogen) atoms. The number of guanidine groups is 1. The molecule has 1 heterocycles. The summed E-state index contributed by atoms with van der Waals surface area (Å²) in [7, 11) is 0. The van der Waals surface area contributed by atoms with Crippen LogP contribution in [0.2, 0.25) is 0 Å². The zero-order valence-corrected chi connectivity index (χ0v) is 18.4. The minimum Gasteiger partial charge on any atom is -0.434 e. The predicted octanol–water partition coefficient (Wildman–Crippen LogP) is 2.82. The van der Waals surface area contributed by atoms with Crippen molar-refractivity contribution < 1.29 is 22.6 Å². The van der Waals surface area contributed by atoms with Crippen molar-refractivity contribution in [2.24, 2.45) is 4.99 Å². The maximum absolute atomic E-state index is 14.0. The molecule has 0 aromatic heterocycles. The SMILES string of the molecule is CCNC(=NCc1c(F)cccc1OC(F)F)NCC(C)N1CCOCC1.I. The smallest absolute Gasteiger partial charge is 0.387 e. The molecule has 1 atom stereocenters. The van der Waals surface area contributed by atoms with Gasteiger partial charge in [-0.2, -0.15) is 8.78 Å². The van der Waals surface area contributed by atoms with Crippen LogP contribution in [0.25, 0.3) is 0 Å². The zero-order valence-electron chi connectivity index (χ0n) is 16.1. The zero-order chi connectivity index (χ0) is 19.6. The second kappa shape index (κ2) is 13.0. The van der Waals surface area contributed by atoms with E-state index < -0.39 is 12.4 Å². The van der Waals surface area contributed by atoms with Crippen LogP contribution in [-0.2, 0) is 11.3 Å². The maximum atomic E-state index is 14.0. The third-order valence-corrected chi connectivity index (χ3v) is 4.27. The normalized spacial score (nSPS) is 16.4. The molecule has 0 saturated carbocycles. The van der Waals surface area contributed by atoms with Crippen LogP contribution in [0.5, 0.6) is 5.75 Å². The van der Waals surface area contributed by atoms with Gasteiger partial charge in [0.1, 0.15) is 11.6 Å². The first-order valence-electron chi connectivity index (χ1n) is 9.07. The summed E-state index contributed by atoms with van der Waals surface area (Å²) < 4.78 is 48.8. The van der Waals surface area contributed by atoms with E-state index >= 15 is 0 Å². The molecule has 10 heteroatoms. The number of aliphatic imine (C=N–C) groups is 1. The Labute approximate surface area is 180 Å². The van der Waals surface area contributed by atoms with Gasteiger partial charge in [-0.15, -0.1) is 24.0 Å². The van der Waals surface area contributed by atoms with E-state index in [1.54, 1.807) is 0 Å². The van der Waals surface area contributed by atoms with E-state index in [1.807, 2.05) is 6.92 Å². The number of benzene rings is 1. The second-order valence-electron chi connectivity index (χ2n) is 6.17. The molecule has 6 nitrogen and oxygen atoms in total. The third kappa shape index (κ3) is 8.00. The van der Waals surface area contributed by atoms with Gasteiger partial charge < -0.3 is 20.1 Å². The van der Waals surface area contributed by atoms with Crippen LogP contribution >= 0.6 is 24.0 Å². The number of ether oxygens (including phenoxy) is 2. The van der Waals surface area contributed by atoms with Crippen molar-refractivity contribution in [1.82, 2.24) is 15.5 Å². The molecule has 2 N–H and O–H groups in total. The lowest BCUT2D eigenvalue weighted by Gasteiger charge is -2.32. The van der Waals surface area contributed by atoms with Crippen molar-refractivity contribution >= 4 is 29.9 Å². The molecule has 1 aliphatic heterocycles. The molecule has 1 fully saturated rings. The van der Waals surface area contributed by atoms with Gasteiger partial charge in [0.25, 0.3) is 0 Å². The largest absolute Gasteiger partial charge is 0.434 e. The highest BCUT2D eigenvalue weighted by atomic mass is 127. The standard InChI is InChI=1S/C18H27F3N4O2.HI/c1-3-22-18(23-11-13(2)25-7-9-26-10-8-25)24-12-14-15(19)5-4-6-16(14)27-17(20)21;/h4-6,13,17H,3,7-12H2,1-2H3,(H2,22,23,24);1H. The Morgan fingerprint density at radius 3 is 2.64 bits per heavy atom. The fourth-order valence-corrected chi connectivity index (χ4v) is 2.79. The molecule has 2 rings (SSSR count). The average molecular weight is 516 g/mol. The fraction of sp³-hybridized carbons (Fsp3) is 0.611. The van der Waals surface area contributed by atoms with Crippen LogP contribution in [0.3, 0.4) is 0 Å². The summed E-state index contributed by atoms with van der Waals surface area (Å²) in [5.41, 5.74) is -0.00349. The van der Waals surface area contributed by atoms with Gasteiger partial charge in [0.05, 0.1) is 25.3 Å². The van der Waals surface area contributed by atoms with E-state index in [0.717, 1.165) is 26.3 Å². The summed E-state index contributed by atoms with van der Waals surface area (Å²) in [6.07, 6.45) is 0. The van der Waals surface area contributed by atoms with Crippen LogP contribution in [0, 0.1) is 5.82 Å². The lowest BCUT2D eigenvalue weighted by Crippen LogP contribution is -2.49. The molecule has 0 spiro atoms. The van der Waals surface area contributed by atoms with Crippen LogP contribution in [0.4, 0.5) is 13.2 Å². The van der Waals surface area contributed by atoms with Gasteiger partial charge in [0, 0.05) is 32.2 Å². The van der Waals surface area contributed by atoms with E-state index in [2.05, 4.69) is 32.2 Å². The maximum Gasteiger partial charge on any atom is 0.387 e. The molecule has 1 unspecified atom stereocenters. The summed E-state index contributed by atoms with van der Waals surface area (Å²) in [5.74, 6) is -0.343. The number of rotatable bonds is 8. The molecular weight excluding hydrogens is 488 g/mol. The average Bonchev–Trinajstić information content (AvgIpc) is 2.65. The predicted molar refractivity (Wildman–Crippen MR) is 113 cm³/mol. The monoisotopic (exact) mass is 516 g/mol. The molecule has 1 aliphatic rings. The van der Waals surface area contributed by atoms with Crippen molar-refractivity contribution in [3.63, 3.8) is 0 Å². The molecule has 1 aromatic carbocycles. The number of nitrogens with one attached hydrogen (secondary N) is 2. The first kappa shape index (κ1) is 24.8. The van der Waals surface area contributed by atoms with E-state index in [0.29, 0.717) is 19.0 Å². The molecular formula is C18H28F3IN4O2. The van der Waals surface area contributed by atoms with Crippen molar-refractivity contribution in [2.45, 2.75) is 33.0 Å². The number of nitrogens with zero attached hydrogens (tertiary/aromatic N) is 2. The molecule has 0 amide bonds. The van der Waals surface area contributed by atoms with Gasteiger partial charge in [-0.05, 0) is 26.0 Å². The summed E-state index contributed by atoms with van der Waals surface area (Å²) in [6, 6.07) is 4.10. The van der Waals surface area contributed by atoms with Crippen molar-refractivity contribution in [2.75, 3.05) is 39.4 Å². The van der Waals surface area contributed by atoms with E-state index in [1.165, 1.54) is 18.2 Å². The van der Waals surface area contributed by atoms with Crippen LogP contribution in [0.15, 0.2) is 23.2 Å². The third-order valence-electron chi connectivity index (χ3n) is 4.27. The summed E-state index contributed by atoms with van der Waals surface area (Å²) in [6.45, 7) is 5.34. The second-order valence-corrected chi connectivity index (χ2v) is 6.17. The Bertz CT molecular complexity index is 616. The summed E-state index contributed by atoms with van der Waals surface area (Å²) in [5, 5.41) is 6.29. The highest BCUT2D eigenvalue weighted by Crippen LogP contribution is 2.24. The molecule has 0 bridgehead atoms. The molecule has 1 aromatic rings. The molecule has 1 saturated heterocycles. The number of morpholine rings is 1. The highest BCUT2D eigenvalue weighted by molar-refractivity contribution is 14.0. The lowest BCUT2D eigenvalue weighted by atomic mass is 10.2. The fourth-order valence-electron chi connectivity index (χ4n) is 2.79. The number of alkyl halides is 2. The van der Waals surface area contributed by atoms with Gasteiger partial charge in [-0.1, -0.05) is 6.07 Å². The van der Waals surface area contributed by atoms with Crippen LogP contribution in [0.1, 0.15) is 19.4 Å². The minimum atomic E-state index is -3.02. The molecule has 0 radical (unpaired) electrons. The Hall–Kier alpha value is -1.27. The van der Waals surface area contributed by atoms with E-state index in [4.69, 9.17) is 4.74 Å². The Balaban J connectivity index is 0.00000392. The Morgan fingerprint density at radius 2 is 2.00 bits per heavy atom. The van der Waals surface area contributed by atoms with Crippen LogP contribution < -0.4 is 15.4 Å².